The lowest BCUT2D eigenvalue weighted by Gasteiger charge is -2.12. The van der Waals surface area contributed by atoms with Crippen molar-refractivity contribution in [2.45, 2.75) is 0 Å². The van der Waals surface area contributed by atoms with E-state index in [0.717, 1.165) is 66.4 Å². The largest absolute Gasteiger partial charge is 0.456 e. The van der Waals surface area contributed by atoms with Crippen LogP contribution >= 0.6 is 0 Å². The summed E-state index contributed by atoms with van der Waals surface area (Å²) in [5, 5.41) is 12.0. The van der Waals surface area contributed by atoms with Crippen LogP contribution in [-0.2, 0) is 0 Å². The minimum Gasteiger partial charge on any atom is -0.456 e. The lowest BCUT2D eigenvalue weighted by atomic mass is 9.94. The molecule has 0 aliphatic rings. The van der Waals surface area contributed by atoms with E-state index in [4.69, 9.17) is 19.4 Å². The van der Waals surface area contributed by atoms with Crippen molar-refractivity contribution >= 4 is 21.9 Å². The van der Waals surface area contributed by atoms with Crippen LogP contribution in [0.5, 0.6) is 0 Å². The molecule has 0 amide bonds. The number of fused-ring (bicyclic) bond motifs is 3. The van der Waals surface area contributed by atoms with Crippen molar-refractivity contribution in [3.8, 4) is 73.6 Å². The summed E-state index contributed by atoms with van der Waals surface area (Å²) in [5.74, 6) is 1.63. The van der Waals surface area contributed by atoms with Gasteiger partial charge in [0.2, 0.25) is 0 Å². The van der Waals surface area contributed by atoms with Crippen LogP contribution in [0.4, 0.5) is 0 Å². The Hall–Kier alpha value is -7.16. The number of benzene rings is 7. The Balaban J connectivity index is 1.24. The van der Waals surface area contributed by atoms with Crippen molar-refractivity contribution in [3.05, 3.63) is 175 Å². The molecule has 51 heavy (non-hydrogen) atoms. The maximum Gasteiger partial charge on any atom is 0.164 e. The average Bonchev–Trinajstić information content (AvgIpc) is 3.60. The van der Waals surface area contributed by atoms with Crippen molar-refractivity contribution in [1.82, 2.24) is 15.0 Å². The Labute approximate surface area is 294 Å². The molecule has 0 saturated carbocycles. The number of aromatic nitrogens is 3. The van der Waals surface area contributed by atoms with Crippen molar-refractivity contribution in [2.75, 3.05) is 0 Å². The molecule has 9 rings (SSSR count). The molecule has 0 aliphatic carbocycles. The molecular weight excluding hydrogens is 625 g/mol. The molecule has 0 aliphatic heterocycles. The maximum absolute atomic E-state index is 10.1. The van der Waals surface area contributed by atoms with Crippen molar-refractivity contribution in [1.29, 1.82) is 5.26 Å². The molecule has 0 bridgehead atoms. The van der Waals surface area contributed by atoms with E-state index in [-0.39, 0.29) is 0 Å². The minimum absolute atomic E-state index is 0.507. The van der Waals surface area contributed by atoms with E-state index in [2.05, 4.69) is 91.0 Å². The summed E-state index contributed by atoms with van der Waals surface area (Å²) in [6.07, 6.45) is 0. The van der Waals surface area contributed by atoms with Gasteiger partial charge in [-0.05, 0) is 52.1 Å². The summed E-state index contributed by atoms with van der Waals surface area (Å²) in [7, 11) is 0. The van der Waals surface area contributed by atoms with Crippen LogP contribution < -0.4 is 0 Å². The second kappa shape index (κ2) is 12.7. The van der Waals surface area contributed by atoms with E-state index >= 15 is 0 Å². The van der Waals surface area contributed by atoms with E-state index < -0.39 is 0 Å². The lowest BCUT2D eigenvalue weighted by molar-refractivity contribution is 0.669. The Bertz CT molecular complexity index is 2630. The summed E-state index contributed by atoms with van der Waals surface area (Å²) < 4.78 is 6.44. The molecule has 0 unspecified atom stereocenters. The lowest BCUT2D eigenvalue weighted by Crippen LogP contribution is -2.00. The van der Waals surface area contributed by atoms with Gasteiger partial charge in [0.25, 0.3) is 0 Å². The zero-order chi connectivity index (χ0) is 34.1. The Kier molecular flexibility index (Phi) is 7.46. The third kappa shape index (κ3) is 5.61. The zero-order valence-corrected chi connectivity index (χ0v) is 27.4. The van der Waals surface area contributed by atoms with Gasteiger partial charge in [-0.2, -0.15) is 5.26 Å². The van der Waals surface area contributed by atoms with Gasteiger partial charge in [0, 0.05) is 33.0 Å². The SMILES string of the molecule is N#Cc1ccccc1-c1cc(-c2nc(-c3ccc(-c4ccccc4)cc3)nc(-c3ccc(-c4ccccc4)cc3)n2)cc2oc3ccccc3c12. The van der Waals surface area contributed by atoms with E-state index in [1.807, 2.05) is 84.9 Å². The third-order valence-electron chi connectivity index (χ3n) is 9.21. The molecule has 5 heteroatoms. The molecular formula is C46H28N4O. The first-order valence-corrected chi connectivity index (χ1v) is 16.7. The highest BCUT2D eigenvalue weighted by molar-refractivity contribution is 6.14. The van der Waals surface area contributed by atoms with Crippen LogP contribution in [0.25, 0.3) is 89.5 Å². The van der Waals surface area contributed by atoms with E-state index in [1.165, 1.54) is 0 Å². The van der Waals surface area contributed by atoms with Gasteiger partial charge in [-0.25, -0.2) is 15.0 Å². The summed E-state index contributed by atoms with van der Waals surface area (Å²) >= 11 is 0. The molecule has 0 saturated heterocycles. The second-order valence-corrected chi connectivity index (χ2v) is 12.3. The smallest absolute Gasteiger partial charge is 0.164 e. The number of nitriles is 1. The highest BCUT2D eigenvalue weighted by Gasteiger charge is 2.20. The summed E-state index contributed by atoms with van der Waals surface area (Å²) in [4.78, 5) is 15.2. The molecule has 9 aromatic rings. The van der Waals surface area contributed by atoms with Gasteiger partial charge in [-0.15, -0.1) is 0 Å². The molecule has 5 nitrogen and oxygen atoms in total. The van der Waals surface area contributed by atoms with Crippen molar-refractivity contribution < 1.29 is 4.42 Å². The second-order valence-electron chi connectivity index (χ2n) is 12.3. The van der Waals surface area contributed by atoms with E-state index in [9.17, 15) is 5.26 Å². The van der Waals surface area contributed by atoms with Crippen LogP contribution in [0.3, 0.4) is 0 Å². The van der Waals surface area contributed by atoms with E-state index in [1.54, 1.807) is 0 Å². The third-order valence-corrected chi connectivity index (χ3v) is 9.21. The monoisotopic (exact) mass is 652 g/mol. The quantitative estimate of drug-likeness (QED) is 0.179. The number of hydrogen-bond acceptors (Lipinski definition) is 5. The fourth-order valence-corrected chi connectivity index (χ4v) is 6.66. The van der Waals surface area contributed by atoms with Gasteiger partial charge < -0.3 is 4.42 Å². The molecule has 7 aromatic carbocycles. The molecule has 238 valence electrons. The highest BCUT2D eigenvalue weighted by atomic mass is 16.3. The Morgan fingerprint density at radius 2 is 0.863 bits per heavy atom. The van der Waals surface area contributed by atoms with Gasteiger partial charge in [0.15, 0.2) is 17.5 Å². The highest BCUT2D eigenvalue weighted by Crippen LogP contribution is 2.41. The molecule has 0 radical (unpaired) electrons. The van der Waals surface area contributed by atoms with Crippen LogP contribution in [0.1, 0.15) is 5.56 Å². The Morgan fingerprint density at radius 3 is 1.45 bits per heavy atom. The summed E-state index contributed by atoms with van der Waals surface area (Å²) in [6.45, 7) is 0. The first kappa shape index (κ1) is 29.9. The number of nitrogens with zero attached hydrogens (tertiary/aromatic N) is 4. The van der Waals surface area contributed by atoms with Crippen LogP contribution in [0.2, 0.25) is 0 Å². The molecule has 0 spiro atoms. The first-order chi connectivity index (χ1) is 25.2. The Morgan fingerprint density at radius 1 is 0.392 bits per heavy atom. The maximum atomic E-state index is 10.1. The van der Waals surface area contributed by atoms with Crippen molar-refractivity contribution in [3.63, 3.8) is 0 Å². The summed E-state index contributed by atoms with van der Waals surface area (Å²) in [6, 6.07) is 59.3. The first-order valence-electron chi connectivity index (χ1n) is 16.7. The van der Waals surface area contributed by atoms with Gasteiger partial charge in [-0.1, -0.05) is 146 Å². The molecule has 0 fully saturated rings. The fraction of sp³-hybridized carbons (Fsp3) is 0. The number of para-hydroxylation sites is 1. The minimum atomic E-state index is 0.507. The standard InChI is InChI=1S/C46H28N4O/c47-29-36-15-7-8-16-38(36)40-27-37(28-42-43(40)39-17-9-10-18-41(39)51-42)46-49-44(34-23-19-32(20-24-34)30-11-3-1-4-12-30)48-45(50-46)35-25-21-33(22-26-35)31-13-5-2-6-14-31/h1-28H. The van der Waals surface area contributed by atoms with Crippen LogP contribution in [-0.4, -0.2) is 15.0 Å². The zero-order valence-electron chi connectivity index (χ0n) is 27.4. The predicted molar refractivity (Wildman–Crippen MR) is 204 cm³/mol. The molecule has 0 N–H and O–H groups in total. The predicted octanol–water partition coefficient (Wildman–Crippen LogP) is 11.6. The van der Waals surface area contributed by atoms with Crippen molar-refractivity contribution in [2.24, 2.45) is 0 Å². The molecule has 2 heterocycles. The summed E-state index contributed by atoms with van der Waals surface area (Å²) in [5.41, 5.74) is 10.8. The number of rotatable bonds is 6. The van der Waals surface area contributed by atoms with Gasteiger partial charge in [0.05, 0.1) is 11.6 Å². The van der Waals surface area contributed by atoms with Crippen LogP contribution in [0, 0.1) is 11.3 Å². The number of furan rings is 1. The molecule has 0 atom stereocenters. The topological polar surface area (TPSA) is 75.6 Å². The van der Waals surface area contributed by atoms with Crippen LogP contribution in [0.15, 0.2) is 174 Å². The van der Waals surface area contributed by atoms with E-state index in [0.29, 0.717) is 28.6 Å². The van der Waals surface area contributed by atoms with Gasteiger partial charge in [0.1, 0.15) is 11.2 Å². The van der Waals surface area contributed by atoms with Gasteiger partial charge >= 0.3 is 0 Å². The fourth-order valence-electron chi connectivity index (χ4n) is 6.66. The molecule has 2 aromatic heterocycles. The number of hydrogen-bond donors (Lipinski definition) is 0. The average molecular weight is 653 g/mol. The normalized spacial score (nSPS) is 11.1. The van der Waals surface area contributed by atoms with Gasteiger partial charge in [-0.3, -0.25) is 0 Å².